The zero-order valence-corrected chi connectivity index (χ0v) is 16.1. The van der Waals surface area contributed by atoms with Gasteiger partial charge < -0.3 is 14.8 Å². The summed E-state index contributed by atoms with van der Waals surface area (Å²) in [6, 6.07) is 9.81. The van der Waals surface area contributed by atoms with Crippen molar-refractivity contribution in [3.63, 3.8) is 0 Å². The Morgan fingerprint density at radius 2 is 2.03 bits per heavy atom. The molecule has 0 aliphatic rings. The van der Waals surface area contributed by atoms with Gasteiger partial charge >= 0.3 is 6.09 Å². The third kappa shape index (κ3) is 4.42. The third-order valence-electron chi connectivity index (χ3n) is 4.03. The number of aromatic nitrogens is 2. The van der Waals surface area contributed by atoms with E-state index in [2.05, 4.69) is 25.2 Å². The van der Waals surface area contributed by atoms with E-state index in [1.54, 1.807) is 0 Å². The van der Waals surface area contributed by atoms with Crippen LogP contribution in [0.25, 0.3) is 11.0 Å². The van der Waals surface area contributed by atoms with Crippen LogP contribution in [0.1, 0.15) is 17.4 Å². The molecular formula is C18H14ClN5O6. The number of rotatable bonds is 5. The molecule has 11 nitrogen and oxygen atoms in total. The number of amides is 1. The quantitative estimate of drug-likeness (QED) is 0.317. The van der Waals surface area contributed by atoms with Gasteiger partial charge in [0.25, 0.3) is 11.2 Å². The predicted molar refractivity (Wildman–Crippen MR) is 108 cm³/mol. The minimum absolute atomic E-state index is 0.124. The number of aliphatic hydroxyl groups excluding tert-OH is 1. The normalized spacial score (nSPS) is 12.4. The number of carbonyl (C=O) groups is 1. The molecule has 12 heteroatoms. The summed E-state index contributed by atoms with van der Waals surface area (Å²) in [5, 5.41) is 25.9. The van der Waals surface area contributed by atoms with Crippen LogP contribution in [0.4, 0.5) is 10.5 Å². The largest absolute Gasteiger partial charge is 0.452 e. The Kier molecular flexibility index (Phi) is 6.04. The lowest BCUT2D eigenvalue weighted by Gasteiger charge is -2.14. The first-order valence-electron chi connectivity index (χ1n) is 8.34. The van der Waals surface area contributed by atoms with Crippen LogP contribution in [0.2, 0.25) is 5.02 Å². The Labute approximate surface area is 173 Å². The van der Waals surface area contributed by atoms with Gasteiger partial charge in [-0.15, -0.1) is 0 Å². The fourth-order valence-corrected chi connectivity index (χ4v) is 2.69. The number of aliphatic hydroxyl groups is 1. The molecule has 3 N–H and O–H groups in total. The number of carbonyl (C=O) groups excluding carboxylic acids is 1. The van der Waals surface area contributed by atoms with Crippen molar-refractivity contribution in [3.8, 4) is 0 Å². The molecule has 0 saturated heterocycles. The number of aromatic amines is 1. The lowest BCUT2D eigenvalue weighted by Crippen LogP contribution is -2.29. The van der Waals surface area contributed by atoms with Crippen LogP contribution in [0, 0.1) is 10.1 Å². The second kappa shape index (κ2) is 8.68. The fraction of sp³-hybridized carbons (Fsp3) is 0.111. The first-order chi connectivity index (χ1) is 14.3. The summed E-state index contributed by atoms with van der Waals surface area (Å²) in [6.45, 7) is 0. The number of ether oxygens (including phenoxy) is 1. The van der Waals surface area contributed by atoms with Crippen molar-refractivity contribution in [2.24, 2.45) is 5.10 Å². The van der Waals surface area contributed by atoms with E-state index in [1.165, 1.54) is 36.4 Å². The minimum Gasteiger partial charge on any atom is -0.452 e. The second-order valence-corrected chi connectivity index (χ2v) is 6.36. The van der Waals surface area contributed by atoms with Crippen LogP contribution >= 0.6 is 11.6 Å². The summed E-state index contributed by atoms with van der Waals surface area (Å²) in [7, 11) is 1.12. The zero-order chi connectivity index (χ0) is 21.8. The van der Waals surface area contributed by atoms with Gasteiger partial charge in [-0.2, -0.15) is 5.10 Å². The van der Waals surface area contributed by atoms with E-state index in [0.717, 1.165) is 13.2 Å². The number of fused-ring (bicyclic) bond motifs is 1. The maximum atomic E-state index is 12.6. The molecular weight excluding hydrogens is 418 g/mol. The summed E-state index contributed by atoms with van der Waals surface area (Å²) in [4.78, 5) is 41.0. The number of halogens is 1. The molecule has 2 aromatic carbocycles. The molecule has 1 amide bonds. The van der Waals surface area contributed by atoms with Gasteiger partial charge in [0.2, 0.25) is 0 Å². The molecule has 30 heavy (non-hydrogen) atoms. The van der Waals surface area contributed by atoms with Crippen LogP contribution in [-0.2, 0) is 4.74 Å². The van der Waals surface area contributed by atoms with Crippen LogP contribution in [0.5, 0.6) is 0 Å². The molecule has 154 valence electrons. The van der Waals surface area contributed by atoms with E-state index in [1.807, 2.05) is 0 Å². The van der Waals surface area contributed by atoms with Gasteiger partial charge in [0, 0.05) is 17.2 Å². The number of non-ortho nitro benzene ring substituents is 1. The first-order valence-corrected chi connectivity index (χ1v) is 8.72. The van der Waals surface area contributed by atoms with E-state index in [0.29, 0.717) is 10.6 Å². The maximum Gasteiger partial charge on any atom is 0.427 e. The van der Waals surface area contributed by atoms with E-state index in [-0.39, 0.29) is 28.1 Å². The highest BCUT2D eigenvalue weighted by atomic mass is 35.5. The molecule has 0 fully saturated rings. The molecule has 0 aliphatic carbocycles. The van der Waals surface area contributed by atoms with Gasteiger partial charge in [-0.3, -0.25) is 14.9 Å². The predicted octanol–water partition coefficient (Wildman–Crippen LogP) is 2.28. The molecule has 0 aliphatic heterocycles. The molecule has 1 aromatic heterocycles. The first kappa shape index (κ1) is 20.9. The highest BCUT2D eigenvalue weighted by Gasteiger charge is 2.23. The van der Waals surface area contributed by atoms with Crippen LogP contribution in [-0.4, -0.2) is 38.9 Å². The smallest absolute Gasteiger partial charge is 0.427 e. The molecule has 3 aromatic rings. The summed E-state index contributed by atoms with van der Waals surface area (Å²) in [5.74, 6) is 0. The summed E-state index contributed by atoms with van der Waals surface area (Å²) >= 11 is 5.86. The molecule has 1 atom stereocenters. The van der Waals surface area contributed by atoms with Gasteiger partial charge in [-0.1, -0.05) is 23.7 Å². The third-order valence-corrected chi connectivity index (χ3v) is 4.28. The van der Waals surface area contributed by atoms with Crippen molar-refractivity contribution >= 4 is 40.1 Å². The van der Waals surface area contributed by atoms with Crippen LogP contribution in [0.3, 0.4) is 0 Å². The summed E-state index contributed by atoms with van der Waals surface area (Å²) < 4.78 is 4.45. The SMILES string of the molecule is COC(=O)N/N=C(\c1nc2ccc([N+](=O)[O-])cc2[nH]c1=O)[C@@H](O)c1ccc(Cl)cc1. The number of benzene rings is 2. The van der Waals surface area contributed by atoms with Crippen molar-refractivity contribution in [2.45, 2.75) is 6.10 Å². The lowest BCUT2D eigenvalue weighted by atomic mass is 10.0. The van der Waals surface area contributed by atoms with Gasteiger partial charge in [0.15, 0.2) is 5.69 Å². The number of hydrazone groups is 1. The average molecular weight is 432 g/mol. The topological polar surface area (TPSA) is 160 Å². The van der Waals surface area contributed by atoms with Crippen LogP contribution in [0.15, 0.2) is 52.4 Å². The van der Waals surface area contributed by atoms with E-state index in [4.69, 9.17) is 11.6 Å². The van der Waals surface area contributed by atoms with E-state index < -0.39 is 22.7 Å². The Morgan fingerprint density at radius 3 is 2.67 bits per heavy atom. The van der Waals surface area contributed by atoms with E-state index in [9.17, 15) is 24.8 Å². The van der Waals surface area contributed by atoms with Crippen molar-refractivity contribution in [1.82, 2.24) is 15.4 Å². The zero-order valence-electron chi connectivity index (χ0n) is 15.3. The lowest BCUT2D eigenvalue weighted by molar-refractivity contribution is -0.384. The number of nitrogens with one attached hydrogen (secondary N) is 2. The highest BCUT2D eigenvalue weighted by molar-refractivity contribution is 6.30. The van der Waals surface area contributed by atoms with Crippen molar-refractivity contribution in [3.05, 3.63) is 79.2 Å². The number of hydrogen-bond donors (Lipinski definition) is 3. The Morgan fingerprint density at radius 1 is 1.33 bits per heavy atom. The standard InChI is InChI=1S/C18H14ClN5O6/c1-30-18(27)23-22-14(16(25)9-2-4-10(19)5-3-9)15-17(26)21-13-8-11(24(28)29)6-7-12(13)20-15/h2-8,16,25H,1H3,(H,21,26)(H,23,27)/b22-14+/t16-/m0/s1. The number of nitro groups is 1. The minimum atomic E-state index is -1.46. The summed E-state index contributed by atoms with van der Waals surface area (Å²) in [6.07, 6.45) is -2.38. The Balaban J connectivity index is 2.13. The van der Waals surface area contributed by atoms with Crippen molar-refractivity contribution in [1.29, 1.82) is 0 Å². The molecule has 0 unspecified atom stereocenters. The molecule has 1 heterocycles. The average Bonchev–Trinajstić information content (AvgIpc) is 2.73. The number of hydrogen-bond acceptors (Lipinski definition) is 8. The van der Waals surface area contributed by atoms with Gasteiger partial charge in [0.05, 0.1) is 23.1 Å². The highest BCUT2D eigenvalue weighted by Crippen LogP contribution is 2.21. The number of H-pyrrole nitrogens is 1. The maximum absolute atomic E-state index is 12.6. The van der Waals surface area contributed by atoms with Gasteiger partial charge in [-0.05, 0) is 23.8 Å². The molecule has 0 radical (unpaired) electrons. The molecule has 0 spiro atoms. The van der Waals surface area contributed by atoms with Crippen molar-refractivity contribution in [2.75, 3.05) is 7.11 Å². The van der Waals surface area contributed by atoms with Gasteiger partial charge in [-0.25, -0.2) is 15.2 Å². The number of methoxy groups -OCH3 is 1. The Bertz CT molecular complexity index is 1210. The molecule has 0 saturated carbocycles. The number of nitrogens with zero attached hydrogens (tertiary/aromatic N) is 3. The van der Waals surface area contributed by atoms with E-state index >= 15 is 0 Å². The molecule has 3 rings (SSSR count). The monoisotopic (exact) mass is 431 g/mol. The Hall–Kier alpha value is -3.83. The van der Waals surface area contributed by atoms with Crippen molar-refractivity contribution < 1.29 is 19.6 Å². The van der Waals surface area contributed by atoms with Crippen LogP contribution < -0.4 is 11.0 Å². The fourth-order valence-electron chi connectivity index (χ4n) is 2.56. The summed E-state index contributed by atoms with van der Waals surface area (Å²) in [5.41, 5.74) is 1.14. The second-order valence-electron chi connectivity index (χ2n) is 5.93. The van der Waals surface area contributed by atoms with Gasteiger partial charge in [0.1, 0.15) is 11.8 Å². The number of nitro benzene ring substituents is 1. The molecule has 0 bridgehead atoms.